The highest BCUT2D eigenvalue weighted by molar-refractivity contribution is 6.26. The summed E-state index contributed by atoms with van der Waals surface area (Å²) in [7, 11) is 0. The Kier molecular flexibility index (Phi) is 5.00. The van der Waals surface area contributed by atoms with Crippen LogP contribution in [-0.4, -0.2) is 0 Å². The molecule has 0 N–H and O–H groups in total. The molecule has 0 amide bonds. The molecule has 0 fully saturated rings. The van der Waals surface area contributed by atoms with Crippen molar-refractivity contribution in [1.82, 2.24) is 0 Å². The summed E-state index contributed by atoms with van der Waals surface area (Å²) < 4.78 is 0. The Labute approximate surface area is 244 Å². The van der Waals surface area contributed by atoms with Crippen LogP contribution in [0.3, 0.4) is 0 Å². The van der Waals surface area contributed by atoms with Crippen LogP contribution in [0.4, 0.5) is 0 Å². The fourth-order valence-electron chi connectivity index (χ4n) is 7.08. The van der Waals surface area contributed by atoms with Gasteiger partial charge in [-0.3, -0.25) is 0 Å². The molecule has 0 aliphatic heterocycles. The Morgan fingerprint density at radius 1 is 0.238 bits per heavy atom. The topological polar surface area (TPSA) is 0 Å². The second-order valence-corrected chi connectivity index (χ2v) is 11.3. The van der Waals surface area contributed by atoms with Gasteiger partial charge in [-0.05, 0) is 111 Å². The maximum atomic E-state index is 2.42. The molecule has 0 atom stereocenters. The number of hydrogen-bond donors (Lipinski definition) is 0. The Hall–Kier alpha value is -5.46. The summed E-state index contributed by atoms with van der Waals surface area (Å²) in [4.78, 5) is 0. The standard InChI is InChI=1S/C42H26/c1-2-12-28-23-31(22-21-27(28)11-1)41-35-17-7-9-19-37(35)42(38-20-10-8-18-36(38)41)40-26-32-24-29-13-3-4-14-30(29)25-39(32)33-15-5-6-16-34(33)40/h1-26H. The highest BCUT2D eigenvalue weighted by Gasteiger charge is 2.19. The van der Waals surface area contributed by atoms with Crippen molar-refractivity contribution in [2.24, 2.45) is 0 Å². The molecule has 9 aromatic rings. The van der Waals surface area contributed by atoms with E-state index in [1.54, 1.807) is 0 Å². The summed E-state index contributed by atoms with van der Waals surface area (Å²) in [5.74, 6) is 0. The Morgan fingerprint density at radius 2 is 0.714 bits per heavy atom. The van der Waals surface area contributed by atoms with E-state index in [-0.39, 0.29) is 0 Å². The number of benzene rings is 9. The van der Waals surface area contributed by atoms with Crippen molar-refractivity contribution in [1.29, 1.82) is 0 Å². The van der Waals surface area contributed by atoms with Crippen LogP contribution in [0.1, 0.15) is 0 Å². The van der Waals surface area contributed by atoms with Crippen molar-refractivity contribution in [3.8, 4) is 22.3 Å². The lowest BCUT2D eigenvalue weighted by molar-refractivity contribution is 1.69. The van der Waals surface area contributed by atoms with Gasteiger partial charge < -0.3 is 0 Å². The van der Waals surface area contributed by atoms with Crippen molar-refractivity contribution in [2.45, 2.75) is 0 Å². The molecule has 0 nitrogen and oxygen atoms in total. The predicted molar refractivity (Wildman–Crippen MR) is 182 cm³/mol. The van der Waals surface area contributed by atoms with Crippen molar-refractivity contribution < 1.29 is 0 Å². The molecule has 0 unspecified atom stereocenters. The first-order valence-electron chi connectivity index (χ1n) is 14.6. The van der Waals surface area contributed by atoms with E-state index in [1.807, 2.05) is 0 Å². The molecule has 0 heterocycles. The first-order chi connectivity index (χ1) is 20.8. The molecular weight excluding hydrogens is 504 g/mol. The molecule has 0 bridgehead atoms. The highest BCUT2D eigenvalue weighted by atomic mass is 14.2. The number of fused-ring (bicyclic) bond motifs is 7. The third kappa shape index (κ3) is 3.42. The quantitative estimate of drug-likeness (QED) is 0.154. The van der Waals surface area contributed by atoms with Crippen LogP contribution >= 0.6 is 0 Å². The summed E-state index contributed by atoms with van der Waals surface area (Å²) >= 11 is 0. The summed E-state index contributed by atoms with van der Waals surface area (Å²) in [6.07, 6.45) is 0. The summed E-state index contributed by atoms with van der Waals surface area (Å²) in [6, 6.07) is 58.2. The van der Waals surface area contributed by atoms with Gasteiger partial charge in [0.1, 0.15) is 0 Å². The second-order valence-electron chi connectivity index (χ2n) is 11.3. The van der Waals surface area contributed by atoms with E-state index < -0.39 is 0 Å². The smallest absolute Gasteiger partial charge is 0.00199 e. The van der Waals surface area contributed by atoms with Crippen LogP contribution in [0.5, 0.6) is 0 Å². The third-order valence-electron chi connectivity index (χ3n) is 8.96. The van der Waals surface area contributed by atoms with E-state index in [0.29, 0.717) is 0 Å². The molecule has 9 aromatic carbocycles. The van der Waals surface area contributed by atoms with E-state index in [1.165, 1.54) is 86.9 Å². The molecule has 0 radical (unpaired) electrons. The molecule has 0 saturated carbocycles. The van der Waals surface area contributed by atoms with Gasteiger partial charge in [-0.15, -0.1) is 0 Å². The van der Waals surface area contributed by atoms with Gasteiger partial charge >= 0.3 is 0 Å². The predicted octanol–water partition coefficient (Wildman–Crippen LogP) is 11.9. The molecule has 0 aliphatic carbocycles. The summed E-state index contributed by atoms with van der Waals surface area (Å²) in [5, 5.41) is 15.4. The van der Waals surface area contributed by atoms with Crippen LogP contribution in [0.25, 0.3) is 86.9 Å². The molecule has 42 heavy (non-hydrogen) atoms. The lowest BCUT2D eigenvalue weighted by atomic mass is 9.83. The number of hydrogen-bond acceptors (Lipinski definition) is 0. The molecule has 0 spiro atoms. The molecule has 0 aromatic heterocycles. The maximum absolute atomic E-state index is 2.42. The zero-order valence-corrected chi connectivity index (χ0v) is 23.0. The zero-order chi connectivity index (χ0) is 27.6. The van der Waals surface area contributed by atoms with Gasteiger partial charge in [0, 0.05) is 0 Å². The van der Waals surface area contributed by atoms with E-state index >= 15 is 0 Å². The van der Waals surface area contributed by atoms with E-state index in [0.717, 1.165) is 0 Å². The lowest BCUT2D eigenvalue weighted by Crippen LogP contribution is -1.92. The van der Waals surface area contributed by atoms with E-state index in [9.17, 15) is 0 Å². The minimum Gasteiger partial charge on any atom is -0.0616 e. The first-order valence-corrected chi connectivity index (χ1v) is 14.6. The van der Waals surface area contributed by atoms with Gasteiger partial charge in [0.15, 0.2) is 0 Å². The Morgan fingerprint density at radius 3 is 1.36 bits per heavy atom. The molecule has 0 aliphatic rings. The van der Waals surface area contributed by atoms with Crippen LogP contribution < -0.4 is 0 Å². The van der Waals surface area contributed by atoms with Crippen molar-refractivity contribution >= 4 is 64.6 Å². The van der Waals surface area contributed by atoms with Crippen LogP contribution in [0.2, 0.25) is 0 Å². The number of rotatable bonds is 2. The molecule has 0 heteroatoms. The average molecular weight is 531 g/mol. The van der Waals surface area contributed by atoms with Crippen molar-refractivity contribution in [3.63, 3.8) is 0 Å². The molecular formula is C42H26. The van der Waals surface area contributed by atoms with E-state index in [4.69, 9.17) is 0 Å². The third-order valence-corrected chi connectivity index (χ3v) is 8.96. The van der Waals surface area contributed by atoms with Crippen molar-refractivity contribution in [3.05, 3.63) is 158 Å². The largest absolute Gasteiger partial charge is 0.0616 e. The molecule has 194 valence electrons. The maximum Gasteiger partial charge on any atom is -0.00199 e. The van der Waals surface area contributed by atoms with Crippen LogP contribution in [-0.2, 0) is 0 Å². The fourth-order valence-corrected chi connectivity index (χ4v) is 7.08. The van der Waals surface area contributed by atoms with Gasteiger partial charge in [-0.1, -0.05) is 133 Å². The molecule has 9 rings (SSSR count). The van der Waals surface area contributed by atoms with Crippen LogP contribution in [0, 0.1) is 0 Å². The normalized spacial score (nSPS) is 11.8. The van der Waals surface area contributed by atoms with Crippen molar-refractivity contribution in [2.75, 3.05) is 0 Å². The molecule has 0 saturated heterocycles. The van der Waals surface area contributed by atoms with Gasteiger partial charge in [0.25, 0.3) is 0 Å². The Balaban J connectivity index is 1.44. The average Bonchev–Trinajstić information content (AvgIpc) is 3.06. The zero-order valence-electron chi connectivity index (χ0n) is 23.0. The Bertz CT molecular complexity index is 2460. The van der Waals surface area contributed by atoms with E-state index in [2.05, 4.69) is 158 Å². The summed E-state index contributed by atoms with van der Waals surface area (Å²) in [6.45, 7) is 0. The highest BCUT2D eigenvalue weighted by Crippen LogP contribution is 2.47. The summed E-state index contributed by atoms with van der Waals surface area (Å²) in [5.41, 5.74) is 5.14. The van der Waals surface area contributed by atoms with Gasteiger partial charge in [0.05, 0.1) is 0 Å². The van der Waals surface area contributed by atoms with Gasteiger partial charge in [-0.2, -0.15) is 0 Å². The lowest BCUT2D eigenvalue weighted by Gasteiger charge is -2.20. The minimum absolute atomic E-state index is 1.25. The SMILES string of the molecule is c1ccc2cc(-c3c4ccccc4c(-c4cc5cc6ccccc6cc5c5ccccc45)c4ccccc34)ccc2c1. The van der Waals surface area contributed by atoms with Crippen LogP contribution in [0.15, 0.2) is 158 Å². The monoisotopic (exact) mass is 530 g/mol. The minimum atomic E-state index is 1.25. The second kappa shape index (κ2) is 9.03. The fraction of sp³-hybridized carbons (Fsp3) is 0. The van der Waals surface area contributed by atoms with Gasteiger partial charge in [-0.25, -0.2) is 0 Å². The van der Waals surface area contributed by atoms with Gasteiger partial charge in [0.2, 0.25) is 0 Å². The first kappa shape index (κ1) is 23.3.